The van der Waals surface area contributed by atoms with Crippen LogP contribution in [0, 0.1) is 25.5 Å². The highest BCUT2D eigenvalue weighted by Gasteiger charge is 2.12. The summed E-state index contributed by atoms with van der Waals surface area (Å²) in [4.78, 5) is 0. The molecular formula is C13H14ClF2N3. The van der Waals surface area contributed by atoms with Crippen LogP contribution in [0.4, 0.5) is 14.5 Å². The third-order valence-corrected chi connectivity index (χ3v) is 3.45. The average molecular weight is 286 g/mol. The largest absolute Gasteiger partial charge is 0.377 e. The summed E-state index contributed by atoms with van der Waals surface area (Å²) in [5.41, 5.74) is 1.81. The number of nitrogens with zero attached hydrogens (tertiary/aromatic N) is 2. The van der Waals surface area contributed by atoms with Crippen LogP contribution in [0.2, 0.25) is 5.02 Å². The quantitative estimate of drug-likeness (QED) is 0.934. The molecule has 0 bridgehead atoms. The van der Waals surface area contributed by atoms with E-state index in [0.29, 0.717) is 10.7 Å². The number of nitrogens with one attached hydrogen (secondary N) is 1. The number of benzene rings is 1. The van der Waals surface area contributed by atoms with Crippen LogP contribution in [0.25, 0.3) is 0 Å². The molecule has 0 aliphatic rings. The van der Waals surface area contributed by atoms with E-state index in [4.69, 9.17) is 11.6 Å². The molecule has 6 heteroatoms. The van der Waals surface area contributed by atoms with E-state index >= 15 is 0 Å². The zero-order valence-corrected chi connectivity index (χ0v) is 11.6. The predicted octanol–water partition coefficient (Wildman–Crippen LogP) is 3.58. The van der Waals surface area contributed by atoms with Gasteiger partial charge >= 0.3 is 0 Å². The number of hydrogen-bond acceptors (Lipinski definition) is 2. The van der Waals surface area contributed by atoms with Gasteiger partial charge in [0.2, 0.25) is 0 Å². The van der Waals surface area contributed by atoms with Crippen molar-refractivity contribution in [2.24, 2.45) is 7.05 Å². The Morgan fingerprint density at radius 1 is 1.26 bits per heavy atom. The van der Waals surface area contributed by atoms with Crippen LogP contribution in [0.3, 0.4) is 0 Å². The van der Waals surface area contributed by atoms with E-state index in [1.54, 1.807) is 18.7 Å². The summed E-state index contributed by atoms with van der Waals surface area (Å²) in [6.45, 7) is 3.58. The first kappa shape index (κ1) is 13.8. The van der Waals surface area contributed by atoms with Crippen LogP contribution in [0.1, 0.15) is 17.0 Å². The second-order valence-electron chi connectivity index (χ2n) is 4.40. The molecule has 1 aromatic heterocycles. The van der Waals surface area contributed by atoms with Crippen LogP contribution in [-0.4, -0.2) is 9.78 Å². The highest BCUT2D eigenvalue weighted by Crippen LogP contribution is 2.23. The molecule has 2 aromatic rings. The minimum absolute atomic E-state index is 0.109. The zero-order chi connectivity index (χ0) is 14.2. The Bertz CT molecular complexity index is 623. The lowest BCUT2D eigenvalue weighted by Gasteiger charge is -2.09. The van der Waals surface area contributed by atoms with Gasteiger partial charge in [-0.05, 0) is 25.5 Å². The number of aromatic nitrogens is 2. The molecule has 1 aromatic carbocycles. The van der Waals surface area contributed by atoms with Crippen molar-refractivity contribution in [1.29, 1.82) is 0 Å². The molecule has 0 aliphatic carbocycles. The summed E-state index contributed by atoms with van der Waals surface area (Å²) in [6.07, 6.45) is 0. The highest BCUT2D eigenvalue weighted by atomic mass is 35.5. The van der Waals surface area contributed by atoms with Crippen molar-refractivity contribution in [1.82, 2.24) is 9.78 Å². The van der Waals surface area contributed by atoms with Gasteiger partial charge in [-0.15, -0.1) is 0 Å². The van der Waals surface area contributed by atoms with Crippen LogP contribution >= 0.6 is 11.6 Å². The van der Waals surface area contributed by atoms with Gasteiger partial charge in [-0.3, -0.25) is 4.68 Å². The maximum Gasteiger partial charge on any atom is 0.146 e. The first-order valence-corrected chi connectivity index (χ1v) is 6.15. The van der Waals surface area contributed by atoms with Crippen molar-refractivity contribution >= 4 is 17.3 Å². The molecule has 0 amide bonds. The lowest BCUT2D eigenvalue weighted by molar-refractivity contribution is 0.594. The number of anilines is 1. The van der Waals surface area contributed by atoms with Gasteiger partial charge in [0.15, 0.2) is 0 Å². The lowest BCUT2D eigenvalue weighted by atomic mass is 10.2. The van der Waals surface area contributed by atoms with Gasteiger partial charge < -0.3 is 5.32 Å². The first-order chi connectivity index (χ1) is 8.90. The molecular weight excluding hydrogens is 272 g/mol. The van der Waals surface area contributed by atoms with Crippen molar-refractivity contribution in [3.63, 3.8) is 0 Å². The molecule has 0 unspecified atom stereocenters. The second kappa shape index (κ2) is 5.17. The Morgan fingerprint density at radius 3 is 2.53 bits per heavy atom. The number of hydrogen-bond donors (Lipinski definition) is 1. The van der Waals surface area contributed by atoms with Gasteiger partial charge in [0.1, 0.15) is 11.6 Å². The van der Waals surface area contributed by atoms with E-state index in [9.17, 15) is 8.78 Å². The third-order valence-electron chi connectivity index (χ3n) is 2.96. The summed E-state index contributed by atoms with van der Waals surface area (Å²) in [6, 6.07) is 2.30. The van der Waals surface area contributed by atoms with Gasteiger partial charge in [0, 0.05) is 13.1 Å². The normalized spacial score (nSPS) is 10.8. The number of aryl methyl sites for hydroxylation is 3. The van der Waals surface area contributed by atoms with E-state index in [2.05, 4.69) is 10.4 Å². The maximum absolute atomic E-state index is 13.7. The van der Waals surface area contributed by atoms with Crippen LogP contribution < -0.4 is 5.32 Å². The predicted molar refractivity (Wildman–Crippen MR) is 71.4 cm³/mol. The van der Waals surface area contributed by atoms with Gasteiger partial charge in [0.05, 0.1) is 28.6 Å². The molecule has 1 N–H and O–H groups in total. The molecule has 2 rings (SSSR count). The van der Waals surface area contributed by atoms with Crippen molar-refractivity contribution in [2.75, 3.05) is 5.32 Å². The molecule has 0 atom stereocenters. The van der Waals surface area contributed by atoms with Crippen LogP contribution in [-0.2, 0) is 13.6 Å². The molecule has 0 fully saturated rings. The fraction of sp³-hybridized carbons (Fsp3) is 0.308. The highest BCUT2D eigenvalue weighted by molar-refractivity contribution is 6.31. The van der Waals surface area contributed by atoms with Crippen LogP contribution in [0.5, 0.6) is 0 Å². The van der Waals surface area contributed by atoms with Gasteiger partial charge in [-0.1, -0.05) is 11.6 Å². The second-order valence-corrected chi connectivity index (χ2v) is 4.78. The number of rotatable bonds is 3. The van der Waals surface area contributed by atoms with E-state index in [1.165, 1.54) is 6.92 Å². The van der Waals surface area contributed by atoms with Crippen molar-refractivity contribution < 1.29 is 8.78 Å². The Morgan fingerprint density at radius 2 is 1.95 bits per heavy atom. The summed E-state index contributed by atoms with van der Waals surface area (Å²) in [5, 5.41) is 7.52. The molecule has 0 aliphatic heterocycles. The third kappa shape index (κ3) is 2.71. The minimum Gasteiger partial charge on any atom is -0.377 e. The van der Waals surface area contributed by atoms with E-state index in [1.807, 2.05) is 0 Å². The smallest absolute Gasteiger partial charge is 0.146 e. The first-order valence-electron chi connectivity index (χ1n) is 5.77. The maximum atomic E-state index is 13.7. The molecule has 0 saturated heterocycles. The molecule has 0 radical (unpaired) electrons. The molecule has 102 valence electrons. The Balaban J connectivity index is 2.21. The fourth-order valence-corrected chi connectivity index (χ4v) is 2.06. The summed E-state index contributed by atoms with van der Waals surface area (Å²) in [5.74, 6) is -0.940. The van der Waals surface area contributed by atoms with Crippen molar-refractivity contribution in [2.45, 2.75) is 20.4 Å². The van der Waals surface area contributed by atoms with Crippen LogP contribution in [0.15, 0.2) is 12.1 Å². The van der Waals surface area contributed by atoms with E-state index < -0.39 is 11.6 Å². The Labute approximate surface area is 115 Å². The summed E-state index contributed by atoms with van der Waals surface area (Å²) in [7, 11) is 1.75. The molecule has 1 heterocycles. The standard InChI is InChI=1S/C13H14ClF2N3/c1-7-4-10(16)11(5-9(7)15)17-6-12-13(14)8(2)18-19(12)3/h4-5,17H,6H2,1-3H3. The lowest BCUT2D eigenvalue weighted by Crippen LogP contribution is -2.07. The van der Waals surface area contributed by atoms with Crippen molar-refractivity contribution in [3.05, 3.63) is 45.7 Å². The average Bonchev–Trinajstić information content (AvgIpc) is 2.57. The topological polar surface area (TPSA) is 29.9 Å². The van der Waals surface area contributed by atoms with Gasteiger partial charge in [0.25, 0.3) is 0 Å². The summed E-state index contributed by atoms with van der Waals surface area (Å²) >= 11 is 6.09. The van der Waals surface area contributed by atoms with Gasteiger partial charge in [-0.2, -0.15) is 5.10 Å². The minimum atomic E-state index is -0.492. The molecule has 0 spiro atoms. The summed E-state index contributed by atoms with van der Waals surface area (Å²) < 4.78 is 28.7. The monoisotopic (exact) mass is 285 g/mol. The SMILES string of the molecule is Cc1cc(F)c(NCc2c(Cl)c(C)nn2C)cc1F. The fourth-order valence-electron chi connectivity index (χ4n) is 1.83. The molecule has 3 nitrogen and oxygen atoms in total. The molecule has 0 saturated carbocycles. The Hall–Kier alpha value is -1.62. The van der Waals surface area contributed by atoms with Crippen molar-refractivity contribution in [3.8, 4) is 0 Å². The van der Waals surface area contributed by atoms with Gasteiger partial charge in [-0.25, -0.2) is 8.78 Å². The van der Waals surface area contributed by atoms with E-state index in [0.717, 1.165) is 17.8 Å². The van der Waals surface area contributed by atoms with E-state index in [-0.39, 0.29) is 17.8 Å². The molecule has 19 heavy (non-hydrogen) atoms. The number of halogens is 3. The Kier molecular flexibility index (Phi) is 3.75. The zero-order valence-electron chi connectivity index (χ0n) is 10.9.